The molecule has 0 aliphatic heterocycles. The van der Waals surface area contributed by atoms with Crippen LogP contribution in [-0.4, -0.2) is 127 Å². The highest BCUT2D eigenvalue weighted by molar-refractivity contribution is 5.98. The average molecular weight is 1360 g/mol. The van der Waals surface area contributed by atoms with Gasteiger partial charge in [0.05, 0.1) is 42.9 Å². The Kier molecular flexibility index (Phi) is 23.7. The number of aromatic nitrogens is 4. The number of nitrogens with two attached hydrogens (primary N) is 1. The molecule has 0 fully saturated rings. The minimum Gasteiger partial charge on any atom is -0.488 e. The van der Waals surface area contributed by atoms with E-state index in [2.05, 4.69) is 68.0 Å². The largest absolute Gasteiger partial charge is 0.488 e. The second-order valence-electron chi connectivity index (χ2n) is 28.6. The number of nitrogens with zero attached hydrogens (tertiary/aromatic N) is 3. The van der Waals surface area contributed by atoms with Crippen molar-refractivity contribution in [2.24, 2.45) is 11.7 Å². The third-order valence-corrected chi connectivity index (χ3v) is 16.8. The fourth-order valence-electron chi connectivity index (χ4n) is 12.2. The molecule has 6 atom stereocenters. The number of fused-ring (bicyclic) bond motifs is 2. The predicted molar refractivity (Wildman–Crippen MR) is 385 cm³/mol. The van der Waals surface area contributed by atoms with Crippen LogP contribution in [-0.2, 0) is 74.2 Å². The monoisotopic (exact) mass is 1360 g/mol. The number of hydrogen-bond donors (Lipinski definition) is 7. The number of rotatable bonds is 28. The van der Waals surface area contributed by atoms with Crippen molar-refractivity contribution in [2.75, 3.05) is 13.7 Å². The van der Waals surface area contributed by atoms with E-state index in [4.69, 9.17) is 29.7 Å². The van der Waals surface area contributed by atoms with Crippen molar-refractivity contribution in [1.29, 1.82) is 0 Å². The number of carbonyl (C=O) groups is 7. The van der Waals surface area contributed by atoms with Crippen LogP contribution in [0.25, 0.3) is 21.8 Å². The van der Waals surface area contributed by atoms with Gasteiger partial charge in [0.25, 0.3) is 0 Å². The summed E-state index contributed by atoms with van der Waals surface area (Å²) >= 11 is 0. The molecule has 6 aromatic carbocycles. The Bertz CT molecular complexity index is 4180. The fraction of sp³-hybridized carbons (Fsp3) is 0.367. The summed E-state index contributed by atoms with van der Waals surface area (Å²) in [6.45, 7) is 19.7. The Labute approximate surface area is 584 Å². The number of esters is 1. The van der Waals surface area contributed by atoms with Gasteiger partial charge in [-0.1, -0.05) is 153 Å². The zero-order chi connectivity index (χ0) is 72.1. The Morgan fingerprint density at radius 1 is 0.520 bits per heavy atom. The maximum atomic E-state index is 15.5. The molecule has 3 heterocycles. The lowest BCUT2D eigenvalue weighted by molar-refractivity contribution is -0.146. The third-order valence-electron chi connectivity index (χ3n) is 16.8. The Balaban J connectivity index is 1.06. The van der Waals surface area contributed by atoms with Crippen molar-refractivity contribution in [1.82, 2.24) is 45.7 Å². The molecule has 5 amide bonds. The van der Waals surface area contributed by atoms with E-state index in [9.17, 15) is 19.2 Å². The first-order valence-electron chi connectivity index (χ1n) is 33.8. The van der Waals surface area contributed by atoms with Crippen molar-refractivity contribution in [2.45, 2.75) is 167 Å². The van der Waals surface area contributed by atoms with Gasteiger partial charge in [-0.15, -0.1) is 0 Å². The van der Waals surface area contributed by atoms with E-state index in [1.54, 1.807) is 109 Å². The van der Waals surface area contributed by atoms with Gasteiger partial charge in [0.2, 0.25) is 29.5 Å². The summed E-state index contributed by atoms with van der Waals surface area (Å²) in [5.74, 6) is -4.04. The van der Waals surface area contributed by atoms with Crippen molar-refractivity contribution in [3.05, 3.63) is 228 Å². The molecule has 0 saturated heterocycles. The van der Waals surface area contributed by atoms with Crippen LogP contribution in [0.2, 0.25) is 0 Å². The van der Waals surface area contributed by atoms with Gasteiger partial charge in [-0.3, -0.25) is 28.5 Å². The second kappa shape index (κ2) is 32.1. The van der Waals surface area contributed by atoms with Gasteiger partial charge in [0.1, 0.15) is 52.7 Å². The first-order valence-corrected chi connectivity index (χ1v) is 33.8. The van der Waals surface area contributed by atoms with Crippen LogP contribution in [0.3, 0.4) is 0 Å². The zero-order valence-corrected chi connectivity index (χ0v) is 59.1. The maximum absolute atomic E-state index is 15.5. The highest BCUT2D eigenvalue weighted by Crippen LogP contribution is 2.41. The number of amides is 5. The SMILES string of the molecule is COC(=O)[C@H](CC(C)C)NC(=O)[C@@H](Cc1c[nH]c2ccccc12)NC(=O)[C@H](Cc1ccc(OC(C)(C)C)cc1)NC(=O)[C@H](COC(C)(C)C)NC(=O)[C@H](Cc1cn(C(=O)OC(C)(C)C)c2ccccc12)NC(=O)[C@@H](N)Cc1cn(C(c2ccccc2)(c2ccccc2)c2ccccc2)cn1. The van der Waals surface area contributed by atoms with E-state index in [0.29, 0.717) is 39.0 Å². The van der Waals surface area contributed by atoms with E-state index in [0.717, 1.165) is 27.6 Å². The normalized spacial score (nSPS) is 13.9. The number of para-hydroxylation sites is 2. The summed E-state index contributed by atoms with van der Waals surface area (Å²) < 4.78 is 26.7. The maximum Gasteiger partial charge on any atom is 0.419 e. The topological polar surface area (TPSA) is 281 Å². The number of hydrogen-bond acceptors (Lipinski definition) is 13. The standard InChI is InChI=1S/C79H94N10O11/c1-50(2)40-66(74(95)97-12)86-71(92)64(42-52-45-81-62-34-24-22-32-59(52)62)85-70(91)63(41-51-36-38-58(39-37-51)99-77(6,7)8)84-73(94)67(48-98-76(3,4)5)87-72(93)65(43-53-46-89(75(96)100-78(9,10)11)68-35-25-23-33-60(53)68)83-69(90)61(80)44-57-47-88(49-82-57)79(54-26-16-13-17-27-54,55-28-18-14-19-29-55)56-30-20-15-21-31-56/h13-39,45-47,49-50,61,63-67,81H,40-44,48,80H2,1-12H3,(H,83,90)(H,84,94)(H,85,91)(H,86,92)(H,87,93)/t61-,63-,64+,65-,66-,67-/m0/s1. The quantitative estimate of drug-likeness (QED) is 0.0178. The van der Waals surface area contributed by atoms with E-state index >= 15 is 14.4 Å². The predicted octanol–water partition coefficient (Wildman–Crippen LogP) is 10.2. The summed E-state index contributed by atoms with van der Waals surface area (Å²) in [5.41, 5.74) is 10.0. The van der Waals surface area contributed by atoms with Gasteiger partial charge in [-0.2, -0.15) is 0 Å². The number of aromatic amines is 1. The molecule has 0 aliphatic rings. The molecule has 3 aromatic heterocycles. The van der Waals surface area contributed by atoms with Gasteiger partial charge in [-0.25, -0.2) is 14.6 Å². The lowest BCUT2D eigenvalue weighted by atomic mass is 9.77. The van der Waals surface area contributed by atoms with Crippen molar-refractivity contribution in [3.63, 3.8) is 0 Å². The molecule has 0 spiro atoms. The second-order valence-corrected chi connectivity index (χ2v) is 28.6. The Morgan fingerprint density at radius 2 is 1.01 bits per heavy atom. The molecule has 100 heavy (non-hydrogen) atoms. The van der Waals surface area contributed by atoms with Gasteiger partial charge < -0.3 is 60.8 Å². The van der Waals surface area contributed by atoms with E-state index in [-0.39, 0.29) is 38.0 Å². The molecule has 0 unspecified atom stereocenters. The highest BCUT2D eigenvalue weighted by atomic mass is 16.6. The molecule has 526 valence electrons. The van der Waals surface area contributed by atoms with Crippen LogP contribution >= 0.6 is 0 Å². The van der Waals surface area contributed by atoms with Crippen molar-refractivity contribution >= 4 is 63.4 Å². The summed E-state index contributed by atoms with van der Waals surface area (Å²) in [4.78, 5) is 111. The van der Waals surface area contributed by atoms with Crippen LogP contribution in [0.1, 0.15) is 122 Å². The van der Waals surface area contributed by atoms with Gasteiger partial charge in [0.15, 0.2) is 0 Å². The van der Waals surface area contributed by atoms with Crippen molar-refractivity contribution < 1.29 is 52.5 Å². The van der Waals surface area contributed by atoms with Crippen LogP contribution in [0.15, 0.2) is 189 Å². The molecule has 0 radical (unpaired) electrons. The molecular weight excluding hydrogens is 1260 g/mol. The summed E-state index contributed by atoms with van der Waals surface area (Å²) in [6.07, 6.45) is 5.98. The smallest absolute Gasteiger partial charge is 0.419 e. The van der Waals surface area contributed by atoms with Crippen LogP contribution in [0.4, 0.5) is 4.79 Å². The van der Waals surface area contributed by atoms with E-state index in [1.165, 1.54) is 11.7 Å². The van der Waals surface area contributed by atoms with Crippen molar-refractivity contribution in [3.8, 4) is 5.75 Å². The molecule has 21 nitrogen and oxygen atoms in total. The van der Waals surface area contributed by atoms with Crippen LogP contribution in [0.5, 0.6) is 5.75 Å². The number of imidazole rings is 1. The van der Waals surface area contributed by atoms with Crippen LogP contribution < -0.4 is 37.1 Å². The van der Waals surface area contributed by atoms with Gasteiger partial charge in [-0.05, 0) is 132 Å². The number of carbonyl (C=O) groups excluding carboxylic acids is 7. The molecule has 0 saturated carbocycles. The lowest BCUT2D eigenvalue weighted by Crippen LogP contribution is -2.61. The molecule has 9 rings (SSSR count). The molecule has 8 N–H and O–H groups in total. The summed E-state index contributed by atoms with van der Waals surface area (Å²) in [7, 11) is 1.23. The molecular formula is C79H94N10O11. The summed E-state index contributed by atoms with van der Waals surface area (Å²) in [5, 5.41) is 15.8. The number of benzene rings is 6. The fourth-order valence-corrected chi connectivity index (χ4v) is 12.2. The first-order chi connectivity index (χ1) is 47.5. The lowest BCUT2D eigenvalue weighted by Gasteiger charge is -2.37. The minimum atomic E-state index is -1.55. The van der Waals surface area contributed by atoms with E-state index in [1.807, 2.05) is 124 Å². The molecule has 0 bridgehead atoms. The molecule has 21 heteroatoms. The number of methoxy groups -OCH3 is 1. The minimum absolute atomic E-state index is 0.0349. The van der Waals surface area contributed by atoms with Gasteiger partial charge in [0, 0.05) is 60.6 Å². The Morgan fingerprint density at radius 3 is 1.55 bits per heavy atom. The Hall–Kier alpha value is -10.4. The van der Waals surface area contributed by atoms with Crippen LogP contribution in [0, 0.1) is 5.92 Å². The number of H-pyrrole nitrogens is 1. The average Bonchev–Trinajstić information content (AvgIpc) is 1.18. The highest BCUT2D eigenvalue weighted by Gasteiger charge is 2.40. The first kappa shape index (κ1) is 73.9. The molecule has 9 aromatic rings. The van der Waals surface area contributed by atoms with E-state index < -0.39 is 107 Å². The van der Waals surface area contributed by atoms with Gasteiger partial charge >= 0.3 is 12.1 Å². The number of nitrogens with one attached hydrogen (secondary N) is 6. The summed E-state index contributed by atoms with van der Waals surface area (Å²) in [6, 6.07) is 43.6. The third kappa shape index (κ3) is 19.1. The zero-order valence-electron chi connectivity index (χ0n) is 59.1. The number of ether oxygens (including phenoxy) is 4. The molecule has 0 aliphatic carbocycles.